The van der Waals surface area contributed by atoms with Gasteiger partial charge in [-0.15, -0.1) is 0 Å². The van der Waals surface area contributed by atoms with Crippen molar-refractivity contribution in [1.82, 2.24) is 15.0 Å². The van der Waals surface area contributed by atoms with E-state index >= 15 is 0 Å². The molecule has 1 aliphatic carbocycles. The van der Waals surface area contributed by atoms with Gasteiger partial charge in [0.2, 0.25) is 11.7 Å². The Balaban J connectivity index is 1.72. The van der Waals surface area contributed by atoms with Crippen LogP contribution in [0.5, 0.6) is 0 Å². The quantitative estimate of drug-likeness (QED) is 0.918. The first-order valence-electron chi connectivity index (χ1n) is 8.07. The Morgan fingerprint density at radius 3 is 2.76 bits per heavy atom. The Hall–Kier alpha value is -0.980. The second-order valence-electron chi connectivity index (χ2n) is 6.62. The number of nitrogens with zero attached hydrogens (tertiary/aromatic N) is 3. The van der Waals surface area contributed by atoms with E-state index in [1.54, 1.807) is 0 Å². The van der Waals surface area contributed by atoms with Crippen LogP contribution in [0.1, 0.15) is 63.8 Å². The van der Waals surface area contributed by atoms with E-state index in [4.69, 9.17) is 15.0 Å². The molecule has 21 heavy (non-hydrogen) atoms. The highest BCUT2D eigenvalue weighted by molar-refractivity contribution is 5.05. The molecule has 2 N–H and O–H groups in total. The summed E-state index contributed by atoms with van der Waals surface area (Å²) in [6.45, 7) is 6.87. The fraction of sp³-hybridized carbons (Fsp3) is 0.867. The molecule has 1 saturated heterocycles. The van der Waals surface area contributed by atoms with E-state index < -0.39 is 5.54 Å². The third-order valence-corrected chi connectivity index (χ3v) is 4.73. The zero-order chi connectivity index (χ0) is 14.9. The van der Waals surface area contributed by atoms with Crippen LogP contribution in [-0.4, -0.2) is 40.8 Å². The maximum atomic E-state index is 6.45. The average Bonchev–Trinajstić information content (AvgIpc) is 2.99. The van der Waals surface area contributed by atoms with E-state index in [-0.39, 0.29) is 6.10 Å². The molecular formula is C15H26N4O2. The Morgan fingerprint density at radius 1 is 1.29 bits per heavy atom. The van der Waals surface area contributed by atoms with Gasteiger partial charge in [-0.1, -0.05) is 24.4 Å². The van der Waals surface area contributed by atoms with Gasteiger partial charge in [0.15, 0.2) is 0 Å². The fourth-order valence-corrected chi connectivity index (χ4v) is 3.26. The molecule has 1 aromatic rings. The number of rotatable bonds is 3. The maximum absolute atomic E-state index is 6.45. The van der Waals surface area contributed by atoms with E-state index in [0.29, 0.717) is 24.4 Å². The Bertz CT molecular complexity index is 468. The van der Waals surface area contributed by atoms with Crippen LogP contribution < -0.4 is 5.73 Å². The number of morpholine rings is 1. The van der Waals surface area contributed by atoms with Crippen LogP contribution in [-0.2, 0) is 10.3 Å². The molecule has 0 radical (unpaired) electrons. The van der Waals surface area contributed by atoms with Crippen LogP contribution >= 0.6 is 0 Å². The molecule has 0 spiro atoms. The summed E-state index contributed by atoms with van der Waals surface area (Å²) in [5.74, 6) is 1.23. The van der Waals surface area contributed by atoms with E-state index in [1.807, 2.05) is 0 Å². The molecular weight excluding hydrogens is 268 g/mol. The highest BCUT2D eigenvalue weighted by Crippen LogP contribution is 2.34. The molecule has 2 heterocycles. The minimum absolute atomic E-state index is 0.106. The van der Waals surface area contributed by atoms with Crippen molar-refractivity contribution in [2.24, 2.45) is 5.73 Å². The lowest BCUT2D eigenvalue weighted by molar-refractivity contribution is -0.0450. The number of hydrogen-bond donors (Lipinski definition) is 1. The molecule has 0 amide bonds. The van der Waals surface area contributed by atoms with Gasteiger partial charge in [0.05, 0.1) is 12.1 Å². The number of hydrogen-bond acceptors (Lipinski definition) is 6. The average molecular weight is 294 g/mol. The summed E-state index contributed by atoms with van der Waals surface area (Å²) in [5.41, 5.74) is 6.02. The molecule has 3 rings (SSSR count). The molecule has 0 aromatic carbocycles. The predicted octanol–water partition coefficient (Wildman–Crippen LogP) is 1.97. The van der Waals surface area contributed by atoms with Crippen LogP contribution in [0.25, 0.3) is 0 Å². The summed E-state index contributed by atoms with van der Waals surface area (Å²) in [5, 5.41) is 4.14. The highest BCUT2D eigenvalue weighted by Gasteiger charge is 2.36. The van der Waals surface area contributed by atoms with Crippen molar-refractivity contribution in [2.45, 2.75) is 63.6 Å². The summed E-state index contributed by atoms with van der Waals surface area (Å²) in [7, 11) is 0. The molecule has 118 valence electrons. The van der Waals surface area contributed by atoms with Gasteiger partial charge in [0, 0.05) is 19.1 Å². The summed E-state index contributed by atoms with van der Waals surface area (Å²) in [6.07, 6.45) is 5.27. The van der Waals surface area contributed by atoms with Crippen molar-refractivity contribution in [3.05, 3.63) is 11.7 Å². The van der Waals surface area contributed by atoms with Gasteiger partial charge >= 0.3 is 0 Å². The molecule has 1 aromatic heterocycles. The Kier molecular flexibility index (Phi) is 4.28. The Labute approximate surface area is 126 Å². The standard InChI is InChI=1S/C15H26N4O2/c1-11(2)19-8-9-20-12(10-19)13-17-14(21-18-13)15(16)6-4-3-5-7-15/h11-12H,3-10,16H2,1-2H3. The normalized spacial score (nSPS) is 27.1. The van der Waals surface area contributed by atoms with Gasteiger partial charge in [0.25, 0.3) is 0 Å². The second kappa shape index (κ2) is 6.02. The summed E-state index contributed by atoms with van der Waals surface area (Å²) in [6, 6.07) is 0.502. The summed E-state index contributed by atoms with van der Waals surface area (Å²) >= 11 is 0. The molecule has 1 saturated carbocycles. The van der Waals surface area contributed by atoms with Crippen molar-refractivity contribution >= 4 is 0 Å². The molecule has 2 fully saturated rings. The molecule has 2 aliphatic rings. The molecule has 1 aliphatic heterocycles. The smallest absolute Gasteiger partial charge is 0.246 e. The van der Waals surface area contributed by atoms with Crippen LogP contribution in [0.2, 0.25) is 0 Å². The number of aromatic nitrogens is 2. The van der Waals surface area contributed by atoms with Crippen LogP contribution in [0.3, 0.4) is 0 Å². The lowest BCUT2D eigenvalue weighted by Gasteiger charge is -2.34. The lowest BCUT2D eigenvalue weighted by atomic mass is 9.82. The van der Waals surface area contributed by atoms with Crippen molar-refractivity contribution in [3.8, 4) is 0 Å². The summed E-state index contributed by atoms with van der Waals surface area (Å²) in [4.78, 5) is 6.95. The van der Waals surface area contributed by atoms with Crippen molar-refractivity contribution < 1.29 is 9.26 Å². The van der Waals surface area contributed by atoms with Crippen LogP contribution in [0, 0.1) is 0 Å². The van der Waals surface area contributed by atoms with Crippen LogP contribution in [0.15, 0.2) is 4.52 Å². The van der Waals surface area contributed by atoms with Gasteiger partial charge < -0.3 is 15.0 Å². The zero-order valence-electron chi connectivity index (χ0n) is 13.0. The van der Waals surface area contributed by atoms with E-state index in [2.05, 4.69) is 28.9 Å². The third kappa shape index (κ3) is 3.12. The van der Waals surface area contributed by atoms with Gasteiger partial charge in [-0.3, -0.25) is 4.90 Å². The second-order valence-corrected chi connectivity index (χ2v) is 6.62. The topological polar surface area (TPSA) is 77.4 Å². The fourth-order valence-electron chi connectivity index (χ4n) is 3.26. The van der Waals surface area contributed by atoms with Crippen molar-refractivity contribution in [2.75, 3.05) is 19.7 Å². The number of nitrogens with two attached hydrogens (primary N) is 1. The van der Waals surface area contributed by atoms with Crippen molar-refractivity contribution in [3.63, 3.8) is 0 Å². The third-order valence-electron chi connectivity index (χ3n) is 4.73. The monoisotopic (exact) mass is 294 g/mol. The highest BCUT2D eigenvalue weighted by atomic mass is 16.5. The van der Waals surface area contributed by atoms with E-state index in [0.717, 1.165) is 38.8 Å². The van der Waals surface area contributed by atoms with Crippen molar-refractivity contribution in [1.29, 1.82) is 0 Å². The van der Waals surface area contributed by atoms with Crippen LogP contribution in [0.4, 0.5) is 0 Å². The molecule has 1 unspecified atom stereocenters. The largest absolute Gasteiger partial charge is 0.367 e. The van der Waals surface area contributed by atoms with Gasteiger partial charge in [0.1, 0.15) is 6.10 Å². The molecule has 6 heteroatoms. The molecule has 0 bridgehead atoms. The Morgan fingerprint density at radius 2 is 2.05 bits per heavy atom. The predicted molar refractivity (Wildman–Crippen MR) is 78.7 cm³/mol. The SMILES string of the molecule is CC(C)N1CCOC(c2noc(C3(N)CCCCC3)n2)C1. The van der Waals surface area contributed by atoms with Gasteiger partial charge in [-0.05, 0) is 26.7 Å². The minimum atomic E-state index is -0.435. The lowest BCUT2D eigenvalue weighted by Crippen LogP contribution is -2.42. The first kappa shape index (κ1) is 14.9. The molecule has 1 atom stereocenters. The van der Waals surface area contributed by atoms with Gasteiger partial charge in [-0.2, -0.15) is 4.98 Å². The zero-order valence-corrected chi connectivity index (χ0v) is 13.0. The first-order valence-corrected chi connectivity index (χ1v) is 8.07. The maximum Gasteiger partial charge on any atom is 0.246 e. The van der Waals surface area contributed by atoms with E-state index in [1.165, 1.54) is 6.42 Å². The molecule has 6 nitrogen and oxygen atoms in total. The first-order chi connectivity index (χ1) is 10.1. The minimum Gasteiger partial charge on any atom is -0.367 e. The summed E-state index contributed by atoms with van der Waals surface area (Å²) < 4.78 is 11.3. The van der Waals surface area contributed by atoms with E-state index in [9.17, 15) is 0 Å². The van der Waals surface area contributed by atoms with Gasteiger partial charge in [-0.25, -0.2) is 0 Å². The number of ether oxygens (including phenoxy) is 1.